The van der Waals surface area contributed by atoms with E-state index in [-0.39, 0.29) is 19.6 Å². The minimum Gasteiger partial charge on any atom is -0.481 e. The molecule has 0 bridgehead atoms. The van der Waals surface area contributed by atoms with Crippen molar-refractivity contribution in [2.24, 2.45) is 5.92 Å². The fourth-order valence-electron chi connectivity index (χ4n) is 1.81. The van der Waals surface area contributed by atoms with Crippen molar-refractivity contribution in [1.29, 1.82) is 0 Å². The summed E-state index contributed by atoms with van der Waals surface area (Å²) in [6, 6.07) is 0. The summed E-state index contributed by atoms with van der Waals surface area (Å²) in [7, 11) is -1.98. The summed E-state index contributed by atoms with van der Waals surface area (Å²) in [4.78, 5) is 10.8. The van der Waals surface area contributed by atoms with Crippen molar-refractivity contribution in [1.82, 2.24) is 8.61 Å². The third-order valence-corrected chi connectivity index (χ3v) is 4.86. The van der Waals surface area contributed by atoms with Crippen LogP contribution in [0.15, 0.2) is 12.7 Å². The third-order valence-electron chi connectivity index (χ3n) is 2.91. The first-order valence-corrected chi connectivity index (χ1v) is 6.84. The minimum absolute atomic E-state index is 0.251. The fourth-order valence-corrected chi connectivity index (χ4v) is 3.17. The largest absolute Gasteiger partial charge is 0.481 e. The Morgan fingerprint density at radius 2 is 2.06 bits per heavy atom. The summed E-state index contributed by atoms with van der Waals surface area (Å²) in [5.74, 6) is -1.27. The Balaban J connectivity index is 2.64. The van der Waals surface area contributed by atoms with Crippen LogP contribution >= 0.6 is 0 Å². The van der Waals surface area contributed by atoms with Gasteiger partial charge in [0.15, 0.2) is 0 Å². The maximum absolute atomic E-state index is 12.0. The quantitative estimate of drug-likeness (QED) is 0.715. The van der Waals surface area contributed by atoms with Gasteiger partial charge in [-0.2, -0.15) is 17.0 Å². The average Bonchev–Trinajstić information content (AvgIpc) is 2.29. The SMILES string of the molecule is C=CCN(C)S(=O)(=O)N1CCC(C(=O)O)CC1. The van der Waals surface area contributed by atoms with E-state index >= 15 is 0 Å². The number of nitrogens with zero attached hydrogens (tertiary/aromatic N) is 2. The Labute approximate surface area is 102 Å². The van der Waals surface area contributed by atoms with Gasteiger partial charge < -0.3 is 5.11 Å². The number of piperidine rings is 1. The molecule has 1 rings (SSSR count). The molecular weight excluding hydrogens is 244 g/mol. The lowest BCUT2D eigenvalue weighted by Gasteiger charge is -2.32. The van der Waals surface area contributed by atoms with E-state index < -0.39 is 22.1 Å². The van der Waals surface area contributed by atoms with Crippen molar-refractivity contribution < 1.29 is 18.3 Å². The van der Waals surface area contributed by atoms with Gasteiger partial charge in [0.25, 0.3) is 10.2 Å². The number of hydrogen-bond acceptors (Lipinski definition) is 3. The van der Waals surface area contributed by atoms with Crippen molar-refractivity contribution in [2.45, 2.75) is 12.8 Å². The fraction of sp³-hybridized carbons (Fsp3) is 0.700. The average molecular weight is 262 g/mol. The van der Waals surface area contributed by atoms with Crippen LogP contribution in [0.5, 0.6) is 0 Å². The van der Waals surface area contributed by atoms with E-state index in [9.17, 15) is 13.2 Å². The van der Waals surface area contributed by atoms with Crippen LogP contribution in [0.2, 0.25) is 0 Å². The summed E-state index contributed by atoms with van der Waals surface area (Å²) in [5.41, 5.74) is 0. The molecule has 1 saturated heterocycles. The van der Waals surface area contributed by atoms with Gasteiger partial charge in [-0.3, -0.25) is 4.79 Å². The normalized spacial score (nSPS) is 19.4. The lowest BCUT2D eigenvalue weighted by atomic mass is 9.99. The minimum atomic E-state index is -3.47. The molecule has 7 heteroatoms. The Kier molecular flexibility index (Phi) is 4.67. The van der Waals surface area contributed by atoms with Crippen LogP contribution in [0.4, 0.5) is 0 Å². The molecule has 0 aromatic heterocycles. The van der Waals surface area contributed by atoms with E-state index in [1.54, 1.807) is 0 Å². The van der Waals surface area contributed by atoms with Crippen molar-refractivity contribution in [3.8, 4) is 0 Å². The van der Waals surface area contributed by atoms with Crippen LogP contribution < -0.4 is 0 Å². The van der Waals surface area contributed by atoms with Gasteiger partial charge in [0, 0.05) is 26.7 Å². The standard InChI is InChI=1S/C10H18N2O4S/c1-3-6-11(2)17(15,16)12-7-4-9(5-8-12)10(13)14/h3,9H,1,4-8H2,2H3,(H,13,14). The molecule has 0 unspecified atom stereocenters. The number of hydrogen-bond donors (Lipinski definition) is 1. The van der Waals surface area contributed by atoms with Crippen molar-refractivity contribution in [2.75, 3.05) is 26.7 Å². The van der Waals surface area contributed by atoms with Crippen LogP contribution in [0.25, 0.3) is 0 Å². The molecule has 1 fully saturated rings. The number of aliphatic carboxylic acids is 1. The highest BCUT2D eigenvalue weighted by Crippen LogP contribution is 2.20. The Hall–Kier alpha value is -0.920. The highest BCUT2D eigenvalue weighted by atomic mass is 32.2. The first-order chi connectivity index (χ1) is 7.89. The maximum atomic E-state index is 12.0. The van der Waals surface area contributed by atoms with Crippen LogP contribution in [0, 0.1) is 5.92 Å². The molecule has 0 aliphatic carbocycles. The predicted molar refractivity (Wildman–Crippen MR) is 63.7 cm³/mol. The smallest absolute Gasteiger partial charge is 0.306 e. The van der Waals surface area contributed by atoms with Gasteiger partial charge in [0.2, 0.25) is 0 Å². The lowest BCUT2D eigenvalue weighted by molar-refractivity contribution is -0.142. The molecule has 0 aromatic rings. The summed E-state index contributed by atoms with van der Waals surface area (Å²) in [6.45, 7) is 4.27. The lowest BCUT2D eigenvalue weighted by Crippen LogP contribution is -2.46. The van der Waals surface area contributed by atoms with E-state index in [1.807, 2.05) is 0 Å². The van der Waals surface area contributed by atoms with Crippen LogP contribution in [-0.2, 0) is 15.0 Å². The second kappa shape index (κ2) is 5.61. The molecule has 6 nitrogen and oxygen atoms in total. The maximum Gasteiger partial charge on any atom is 0.306 e. The highest BCUT2D eigenvalue weighted by molar-refractivity contribution is 7.86. The first-order valence-electron chi connectivity index (χ1n) is 5.44. The van der Waals surface area contributed by atoms with Gasteiger partial charge in [0.1, 0.15) is 0 Å². The van der Waals surface area contributed by atoms with Gasteiger partial charge in [-0.25, -0.2) is 0 Å². The summed E-state index contributed by atoms with van der Waals surface area (Å²) in [5, 5.41) is 8.83. The number of carbonyl (C=O) groups is 1. The van der Waals surface area contributed by atoms with Gasteiger partial charge >= 0.3 is 5.97 Å². The van der Waals surface area contributed by atoms with E-state index in [1.165, 1.54) is 21.7 Å². The van der Waals surface area contributed by atoms with Gasteiger partial charge in [-0.15, -0.1) is 6.58 Å². The number of likely N-dealkylation sites (N-methyl/N-ethyl adjacent to an activating group) is 1. The Morgan fingerprint density at radius 3 is 2.47 bits per heavy atom. The molecule has 0 saturated carbocycles. The van der Waals surface area contributed by atoms with Crippen LogP contribution in [0.1, 0.15) is 12.8 Å². The summed E-state index contributed by atoms with van der Waals surface area (Å²) in [6.07, 6.45) is 2.26. The molecule has 1 aliphatic rings. The predicted octanol–water partition coefficient (Wildman–Crippen LogP) is 0.146. The zero-order chi connectivity index (χ0) is 13.1. The van der Waals surface area contributed by atoms with Crippen LogP contribution in [-0.4, -0.2) is 54.8 Å². The zero-order valence-electron chi connectivity index (χ0n) is 9.87. The molecule has 0 amide bonds. The van der Waals surface area contributed by atoms with Crippen LogP contribution in [0.3, 0.4) is 0 Å². The number of carboxylic acids is 1. The molecule has 98 valence electrons. The second-order valence-corrected chi connectivity index (χ2v) is 6.12. The first kappa shape index (κ1) is 14.1. The summed E-state index contributed by atoms with van der Waals surface area (Å²) < 4.78 is 26.6. The Morgan fingerprint density at radius 1 is 1.53 bits per heavy atom. The molecule has 0 spiro atoms. The van der Waals surface area contributed by atoms with E-state index in [2.05, 4.69) is 6.58 Å². The molecule has 1 aliphatic heterocycles. The van der Waals surface area contributed by atoms with Gasteiger partial charge in [-0.1, -0.05) is 6.08 Å². The number of carboxylic acid groups (broad SMARTS) is 1. The van der Waals surface area contributed by atoms with E-state index in [0.29, 0.717) is 12.8 Å². The van der Waals surface area contributed by atoms with E-state index in [0.717, 1.165) is 0 Å². The Bertz CT molecular complexity index is 385. The summed E-state index contributed by atoms with van der Waals surface area (Å²) >= 11 is 0. The van der Waals surface area contributed by atoms with Crippen molar-refractivity contribution in [3.63, 3.8) is 0 Å². The second-order valence-electron chi connectivity index (χ2n) is 4.09. The number of rotatable bonds is 5. The molecular formula is C10H18N2O4S. The zero-order valence-corrected chi connectivity index (χ0v) is 10.7. The van der Waals surface area contributed by atoms with E-state index in [4.69, 9.17) is 5.11 Å². The van der Waals surface area contributed by atoms with Crippen molar-refractivity contribution >= 4 is 16.2 Å². The molecule has 0 atom stereocenters. The highest BCUT2D eigenvalue weighted by Gasteiger charge is 2.32. The molecule has 17 heavy (non-hydrogen) atoms. The molecule has 1 heterocycles. The topological polar surface area (TPSA) is 77.9 Å². The van der Waals surface area contributed by atoms with Crippen molar-refractivity contribution in [3.05, 3.63) is 12.7 Å². The van der Waals surface area contributed by atoms with Gasteiger partial charge in [-0.05, 0) is 12.8 Å². The molecule has 1 N–H and O–H groups in total. The van der Waals surface area contributed by atoms with Gasteiger partial charge in [0.05, 0.1) is 5.92 Å². The monoisotopic (exact) mass is 262 g/mol. The third kappa shape index (κ3) is 3.27. The molecule has 0 radical (unpaired) electrons. The molecule has 0 aromatic carbocycles.